The molecule has 1 rings (SSSR count). The summed E-state index contributed by atoms with van der Waals surface area (Å²) in [6, 6.07) is 0.435. The summed E-state index contributed by atoms with van der Waals surface area (Å²) < 4.78 is 0. The molecule has 1 heterocycles. The van der Waals surface area contributed by atoms with Crippen molar-refractivity contribution in [3.8, 4) is 0 Å². The second kappa shape index (κ2) is 4.77. The topological polar surface area (TPSA) is 30.3 Å². The van der Waals surface area contributed by atoms with E-state index in [1.807, 2.05) is 23.9 Å². The molecule has 1 N–H and O–H groups in total. The van der Waals surface area contributed by atoms with Crippen molar-refractivity contribution in [2.45, 2.75) is 12.5 Å². The Labute approximate surface area is 84.6 Å². The van der Waals surface area contributed by atoms with Crippen molar-refractivity contribution in [1.29, 1.82) is 5.41 Å². The van der Waals surface area contributed by atoms with Gasteiger partial charge in [-0.15, -0.1) is 24.0 Å². The van der Waals surface area contributed by atoms with Crippen molar-refractivity contribution in [1.82, 2.24) is 9.80 Å². The molecule has 12 heavy (non-hydrogen) atoms. The van der Waals surface area contributed by atoms with Crippen LogP contribution in [0.15, 0.2) is 0 Å². The Balaban J connectivity index is 0.00000121. The van der Waals surface area contributed by atoms with Gasteiger partial charge >= 0.3 is 0 Å². The lowest BCUT2D eigenvalue weighted by Gasteiger charge is -2.17. The quantitative estimate of drug-likeness (QED) is 0.697. The molecule has 0 aliphatic carbocycles. The summed E-state index contributed by atoms with van der Waals surface area (Å²) in [5.41, 5.74) is 0. The molecule has 0 spiro atoms. The molecular formula is C7H15Cl2N3. The Hall–Kier alpha value is -0.150. The van der Waals surface area contributed by atoms with Gasteiger partial charge < -0.3 is 9.80 Å². The minimum atomic E-state index is 0. The third kappa shape index (κ3) is 2.17. The van der Waals surface area contributed by atoms with Crippen LogP contribution in [0, 0.1) is 5.41 Å². The fourth-order valence-electron chi connectivity index (χ4n) is 1.38. The first-order valence-corrected chi connectivity index (χ1v) is 4.28. The van der Waals surface area contributed by atoms with E-state index in [2.05, 4.69) is 0 Å². The van der Waals surface area contributed by atoms with Crippen LogP contribution in [0.4, 0.5) is 0 Å². The van der Waals surface area contributed by atoms with Crippen LogP contribution in [0.3, 0.4) is 0 Å². The molecule has 3 nitrogen and oxygen atoms in total. The SMILES string of the molecule is CN1CC(CCCl)N(C)C1=N.Cl. The van der Waals surface area contributed by atoms with Gasteiger partial charge in [-0.25, -0.2) is 0 Å². The van der Waals surface area contributed by atoms with E-state index >= 15 is 0 Å². The van der Waals surface area contributed by atoms with Crippen molar-refractivity contribution >= 4 is 30.0 Å². The van der Waals surface area contributed by atoms with E-state index in [1.165, 1.54) is 0 Å². The smallest absolute Gasteiger partial charge is 0.193 e. The highest BCUT2D eigenvalue weighted by Gasteiger charge is 2.28. The molecule has 0 saturated carbocycles. The number of nitrogens with zero attached hydrogens (tertiary/aromatic N) is 2. The third-order valence-electron chi connectivity index (χ3n) is 2.17. The van der Waals surface area contributed by atoms with E-state index in [0.29, 0.717) is 17.9 Å². The van der Waals surface area contributed by atoms with Crippen molar-refractivity contribution < 1.29 is 0 Å². The van der Waals surface area contributed by atoms with Crippen LogP contribution in [-0.2, 0) is 0 Å². The highest BCUT2D eigenvalue weighted by molar-refractivity contribution is 6.17. The van der Waals surface area contributed by atoms with Crippen molar-refractivity contribution in [3.63, 3.8) is 0 Å². The van der Waals surface area contributed by atoms with Crippen LogP contribution in [-0.4, -0.2) is 48.3 Å². The molecule has 1 aliphatic heterocycles. The fraction of sp³-hybridized carbons (Fsp3) is 0.857. The van der Waals surface area contributed by atoms with Gasteiger partial charge in [0.1, 0.15) is 0 Å². The second-order valence-corrected chi connectivity index (χ2v) is 3.32. The molecule has 0 bridgehead atoms. The third-order valence-corrected chi connectivity index (χ3v) is 2.39. The standard InChI is InChI=1S/C7H14ClN3.ClH/c1-10-5-6(3-4-8)11(2)7(10)9;/h6,9H,3-5H2,1-2H3;1H. The maximum Gasteiger partial charge on any atom is 0.193 e. The average Bonchev–Trinajstić information content (AvgIpc) is 2.19. The monoisotopic (exact) mass is 211 g/mol. The number of likely N-dealkylation sites (N-methyl/N-ethyl adjacent to an activating group) is 2. The zero-order chi connectivity index (χ0) is 8.43. The van der Waals surface area contributed by atoms with Crippen molar-refractivity contribution in [2.75, 3.05) is 26.5 Å². The molecule has 72 valence electrons. The lowest BCUT2D eigenvalue weighted by atomic mass is 10.2. The van der Waals surface area contributed by atoms with E-state index in [0.717, 1.165) is 13.0 Å². The highest BCUT2D eigenvalue weighted by Crippen LogP contribution is 2.13. The Morgan fingerprint density at radius 2 is 2.17 bits per heavy atom. The van der Waals surface area contributed by atoms with Gasteiger partial charge in [0.25, 0.3) is 0 Å². The molecule has 1 fully saturated rings. The summed E-state index contributed by atoms with van der Waals surface area (Å²) in [6.45, 7) is 0.933. The summed E-state index contributed by atoms with van der Waals surface area (Å²) >= 11 is 5.63. The minimum absolute atomic E-state index is 0. The number of rotatable bonds is 2. The van der Waals surface area contributed by atoms with E-state index < -0.39 is 0 Å². The molecule has 1 saturated heterocycles. The molecular weight excluding hydrogens is 197 g/mol. The first kappa shape index (κ1) is 11.8. The maximum absolute atomic E-state index is 7.58. The molecule has 0 aromatic heterocycles. The Kier molecular flexibility index (Phi) is 4.71. The number of hydrogen-bond acceptors (Lipinski definition) is 1. The normalized spacial score (nSPS) is 22.9. The van der Waals surface area contributed by atoms with Crippen LogP contribution < -0.4 is 0 Å². The van der Waals surface area contributed by atoms with Gasteiger partial charge in [-0.05, 0) is 6.42 Å². The predicted octanol–water partition coefficient (Wildman–Crippen LogP) is 1.22. The predicted molar refractivity (Wildman–Crippen MR) is 54.5 cm³/mol. The molecule has 0 amide bonds. The molecule has 1 aliphatic rings. The molecule has 1 atom stereocenters. The van der Waals surface area contributed by atoms with Crippen LogP contribution in [0.1, 0.15) is 6.42 Å². The average molecular weight is 212 g/mol. The second-order valence-electron chi connectivity index (χ2n) is 2.95. The van der Waals surface area contributed by atoms with Gasteiger partial charge in [0, 0.05) is 26.5 Å². The summed E-state index contributed by atoms with van der Waals surface area (Å²) in [6.07, 6.45) is 0.963. The van der Waals surface area contributed by atoms with Gasteiger partial charge in [0.05, 0.1) is 6.04 Å². The van der Waals surface area contributed by atoms with E-state index in [4.69, 9.17) is 17.0 Å². The Morgan fingerprint density at radius 1 is 1.58 bits per heavy atom. The Morgan fingerprint density at radius 3 is 2.50 bits per heavy atom. The number of nitrogens with one attached hydrogen (secondary N) is 1. The first-order valence-electron chi connectivity index (χ1n) is 3.75. The largest absolute Gasteiger partial charge is 0.344 e. The van der Waals surface area contributed by atoms with E-state index in [-0.39, 0.29) is 12.4 Å². The zero-order valence-corrected chi connectivity index (χ0v) is 8.95. The lowest BCUT2D eigenvalue weighted by molar-refractivity contribution is 0.390. The highest BCUT2D eigenvalue weighted by atomic mass is 35.5. The zero-order valence-electron chi connectivity index (χ0n) is 7.38. The number of halogens is 2. The molecule has 0 radical (unpaired) electrons. The number of alkyl halides is 1. The number of hydrogen-bond donors (Lipinski definition) is 1. The number of guanidine groups is 1. The summed E-state index contributed by atoms with van der Waals surface area (Å²) in [7, 11) is 3.89. The van der Waals surface area contributed by atoms with Gasteiger partial charge in [0.2, 0.25) is 0 Å². The molecule has 0 aromatic rings. The van der Waals surface area contributed by atoms with Gasteiger partial charge in [-0.1, -0.05) is 0 Å². The van der Waals surface area contributed by atoms with E-state index in [9.17, 15) is 0 Å². The molecule has 0 aromatic carbocycles. The van der Waals surface area contributed by atoms with Crippen LogP contribution >= 0.6 is 24.0 Å². The van der Waals surface area contributed by atoms with Crippen LogP contribution in [0.5, 0.6) is 0 Å². The van der Waals surface area contributed by atoms with Crippen molar-refractivity contribution in [2.24, 2.45) is 0 Å². The van der Waals surface area contributed by atoms with Crippen LogP contribution in [0.25, 0.3) is 0 Å². The lowest BCUT2D eigenvalue weighted by Crippen LogP contribution is -2.30. The van der Waals surface area contributed by atoms with Gasteiger partial charge in [-0.3, -0.25) is 5.41 Å². The Bertz CT molecular complexity index is 163. The van der Waals surface area contributed by atoms with E-state index in [1.54, 1.807) is 0 Å². The fourth-order valence-corrected chi connectivity index (χ4v) is 1.63. The molecule has 1 unspecified atom stereocenters. The maximum atomic E-state index is 7.58. The molecule has 5 heteroatoms. The van der Waals surface area contributed by atoms with Gasteiger partial charge in [-0.2, -0.15) is 0 Å². The summed E-state index contributed by atoms with van der Waals surface area (Å²) in [5, 5.41) is 7.58. The van der Waals surface area contributed by atoms with Crippen molar-refractivity contribution in [3.05, 3.63) is 0 Å². The summed E-state index contributed by atoms with van der Waals surface area (Å²) in [5.74, 6) is 1.27. The minimum Gasteiger partial charge on any atom is -0.344 e. The van der Waals surface area contributed by atoms with Crippen LogP contribution in [0.2, 0.25) is 0 Å². The van der Waals surface area contributed by atoms with Gasteiger partial charge in [0.15, 0.2) is 5.96 Å². The summed E-state index contributed by atoms with van der Waals surface area (Å²) in [4.78, 5) is 3.92. The first-order chi connectivity index (χ1) is 5.16.